The summed E-state index contributed by atoms with van der Waals surface area (Å²) in [5, 5.41) is -0.195. The van der Waals surface area contributed by atoms with Crippen LogP contribution >= 0.6 is 11.6 Å². The highest BCUT2D eigenvalue weighted by Crippen LogP contribution is 2.33. The summed E-state index contributed by atoms with van der Waals surface area (Å²) in [6, 6.07) is 0.789. The van der Waals surface area contributed by atoms with Crippen molar-refractivity contribution < 1.29 is 27.4 Å². The molecule has 0 radical (unpaired) electrons. The maximum Gasteiger partial charge on any atom is 0.417 e. The van der Waals surface area contributed by atoms with E-state index in [-0.39, 0.29) is 29.5 Å². The van der Waals surface area contributed by atoms with Gasteiger partial charge in [0.05, 0.1) is 12.2 Å². The Hall–Kier alpha value is -1.70. The zero-order valence-corrected chi connectivity index (χ0v) is 15.7. The number of carbonyl (C=O) groups is 1. The Morgan fingerprint density at radius 3 is 2.65 bits per heavy atom. The summed E-state index contributed by atoms with van der Waals surface area (Å²) in [4.78, 5) is 17.4. The summed E-state index contributed by atoms with van der Waals surface area (Å²) in [5.41, 5.74) is -1.50. The molecule has 9 heteroatoms. The first kappa shape index (κ1) is 20.6. The molecule has 2 heterocycles. The first-order chi connectivity index (χ1) is 12.0. The lowest BCUT2D eigenvalue weighted by molar-refractivity contribution is -0.137. The maximum absolute atomic E-state index is 12.6. The third-order valence-corrected chi connectivity index (χ3v) is 4.03. The van der Waals surface area contributed by atoms with E-state index >= 15 is 0 Å². The van der Waals surface area contributed by atoms with Crippen molar-refractivity contribution in [3.8, 4) is 5.88 Å². The standard InChI is InChI=1S/C17H22ClF3N2O3/c1-16(2,3)26-15(24)23-6-4-5-11(9-23)10-25-14-13(18)7-12(8-22-14)17(19,20)21/h7-8,11H,4-6,9-10H2,1-3H3. The van der Waals surface area contributed by atoms with Crippen LogP contribution in [0.2, 0.25) is 5.02 Å². The van der Waals surface area contributed by atoms with Crippen LogP contribution in [0, 0.1) is 5.92 Å². The van der Waals surface area contributed by atoms with Crippen LogP contribution < -0.4 is 4.74 Å². The van der Waals surface area contributed by atoms with Gasteiger partial charge < -0.3 is 14.4 Å². The molecule has 0 saturated carbocycles. The van der Waals surface area contributed by atoms with Crippen molar-refractivity contribution in [1.82, 2.24) is 9.88 Å². The molecule has 5 nitrogen and oxygen atoms in total. The number of nitrogens with zero attached hydrogens (tertiary/aromatic N) is 2. The zero-order chi connectivity index (χ0) is 19.5. The fourth-order valence-corrected chi connectivity index (χ4v) is 2.80. The van der Waals surface area contributed by atoms with Crippen molar-refractivity contribution in [2.45, 2.75) is 45.4 Å². The van der Waals surface area contributed by atoms with E-state index < -0.39 is 17.3 Å². The fraction of sp³-hybridized carbons (Fsp3) is 0.647. The number of hydrogen-bond acceptors (Lipinski definition) is 4. The number of amides is 1. The van der Waals surface area contributed by atoms with Crippen molar-refractivity contribution in [1.29, 1.82) is 0 Å². The number of likely N-dealkylation sites (tertiary alicyclic amines) is 1. The average Bonchev–Trinajstić information content (AvgIpc) is 2.51. The fourth-order valence-electron chi connectivity index (χ4n) is 2.58. The van der Waals surface area contributed by atoms with Crippen molar-refractivity contribution in [2.75, 3.05) is 19.7 Å². The largest absolute Gasteiger partial charge is 0.476 e. The van der Waals surface area contributed by atoms with Crippen molar-refractivity contribution in [2.24, 2.45) is 5.92 Å². The van der Waals surface area contributed by atoms with Gasteiger partial charge in [-0.1, -0.05) is 11.6 Å². The van der Waals surface area contributed by atoms with E-state index in [4.69, 9.17) is 21.1 Å². The van der Waals surface area contributed by atoms with Crippen LogP contribution in [0.4, 0.5) is 18.0 Å². The first-order valence-electron chi connectivity index (χ1n) is 8.29. The second-order valence-corrected chi connectivity index (χ2v) is 7.66. The number of halogens is 4. The average molecular weight is 395 g/mol. The minimum atomic E-state index is -4.51. The van der Waals surface area contributed by atoms with Crippen LogP contribution in [0.3, 0.4) is 0 Å². The number of pyridine rings is 1. The van der Waals surface area contributed by atoms with Crippen LogP contribution in [0.5, 0.6) is 5.88 Å². The Morgan fingerprint density at radius 2 is 2.08 bits per heavy atom. The Kier molecular flexibility index (Phi) is 6.26. The van der Waals surface area contributed by atoms with Crippen LogP contribution in [0.15, 0.2) is 12.3 Å². The highest BCUT2D eigenvalue weighted by molar-refractivity contribution is 6.31. The number of aromatic nitrogens is 1. The van der Waals surface area contributed by atoms with E-state index in [0.29, 0.717) is 19.3 Å². The molecule has 1 saturated heterocycles. The molecule has 1 aromatic heterocycles. The Bertz CT molecular complexity index is 647. The number of carbonyl (C=O) groups excluding carboxylic acids is 1. The Labute approximate surface area is 155 Å². The SMILES string of the molecule is CC(C)(C)OC(=O)N1CCCC(COc2ncc(C(F)(F)F)cc2Cl)C1. The van der Waals surface area contributed by atoms with Gasteiger partial charge in [-0.3, -0.25) is 0 Å². The minimum Gasteiger partial charge on any atom is -0.476 e. The highest BCUT2D eigenvalue weighted by atomic mass is 35.5. The van der Waals surface area contributed by atoms with E-state index in [1.807, 2.05) is 0 Å². The molecule has 1 atom stereocenters. The lowest BCUT2D eigenvalue weighted by Crippen LogP contribution is -2.44. The molecule has 0 aliphatic carbocycles. The van der Waals surface area contributed by atoms with Gasteiger partial charge in [0.2, 0.25) is 5.88 Å². The van der Waals surface area contributed by atoms with Crippen LogP contribution in [-0.2, 0) is 10.9 Å². The Balaban J connectivity index is 1.92. The molecule has 1 unspecified atom stereocenters. The van der Waals surface area contributed by atoms with Crippen LogP contribution in [0.1, 0.15) is 39.2 Å². The number of piperidine rings is 1. The molecule has 0 spiro atoms. The summed E-state index contributed by atoms with van der Waals surface area (Å²) in [5.74, 6) is -0.0227. The van der Waals surface area contributed by atoms with E-state index in [1.54, 1.807) is 25.7 Å². The molecule has 1 aliphatic rings. The van der Waals surface area contributed by atoms with Gasteiger partial charge in [-0.05, 0) is 39.7 Å². The Morgan fingerprint density at radius 1 is 1.38 bits per heavy atom. The molecule has 146 valence electrons. The van der Waals surface area contributed by atoms with E-state index in [2.05, 4.69) is 4.98 Å². The quantitative estimate of drug-likeness (QED) is 0.740. The minimum absolute atomic E-state index is 0.0245. The molecule has 1 aliphatic heterocycles. The van der Waals surface area contributed by atoms with Gasteiger partial charge in [0.25, 0.3) is 0 Å². The molecule has 1 aromatic rings. The summed E-state index contributed by atoms with van der Waals surface area (Å²) in [6.45, 7) is 6.66. The zero-order valence-electron chi connectivity index (χ0n) is 14.9. The molecule has 26 heavy (non-hydrogen) atoms. The normalized spacial score (nSPS) is 18.6. The van der Waals surface area contributed by atoms with Gasteiger partial charge in [0.1, 0.15) is 10.6 Å². The topological polar surface area (TPSA) is 51.7 Å². The van der Waals surface area contributed by atoms with E-state index in [1.165, 1.54) is 0 Å². The van der Waals surface area contributed by atoms with E-state index in [9.17, 15) is 18.0 Å². The smallest absolute Gasteiger partial charge is 0.417 e. The molecular formula is C17H22ClF3N2O3. The molecule has 1 amide bonds. The third-order valence-electron chi connectivity index (χ3n) is 3.76. The molecule has 0 bridgehead atoms. The summed E-state index contributed by atoms with van der Waals surface area (Å²) in [7, 11) is 0. The van der Waals surface area contributed by atoms with Crippen molar-refractivity contribution in [3.05, 3.63) is 22.8 Å². The summed E-state index contributed by atoms with van der Waals surface area (Å²) < 4.78 is 48.7. The van der Waals surface area contributed by atoms with E-state index in [0.717, 1.165) is 18.9 Å². The summed E-state index contributed by atoms with van der Waals surface area (Å²) in [6.07, 6.45) is -2.58. The lowest BCUT2D eigenvalue weighted by Gasteiger charge is -2.34. The predicted octanol–water partition coefficient (Wildman–Crippen LogP) is 4.78. The van der Waals surface area contributed by atoms with Crippen LogP contribution in [-0.4, -0.2) is 41.3 Å². The van der Waals surface area contributed by atoms with Gasteiger partial charge in [0.15, 0.2) is 0 Å². The number of alkyl halides is 3. The predicted molar refractivity (Wildman–Crippen MR) is 90.3 cm³/mol. The third kappa shape index (κ3) is 5.93. The van der Waals surface area contributed by atoms with Gasteiger partial charge in [-0.15, -0.1) is 0 Å². The van der Waals surface area contributed by atoms with Gasteiger partial charge >= 0.3 is 12.3 Å². The van der Waals surface area contributed by atoms with Crippen LogP contribution in [0.25, 0.3) is 0 Å². The van der Waals surface area contributed by atoms with Crippen molar-refractivity contribution >= 4 is 17.7 Å². The van der Waals surface area contributed by atoms with Gasteiger partial charge in [-0.25, -0.2) is 9.78 Å². The molecule has 0 aromatic carbocycles. The monoisotopic (exact) mass is 394 g/mol. The second-order valence-electron chi connectivity index (χ2n) is 7.25. The summed E-state index contributed by atoms with van der Waals surface area (Å²) >= 11 is 5.83. The number of hydrogen-bond donors (Lipinski definition) is 0. The maximum atomic E-state index is 12.6. The van der Waals surface area contributed by atoms with Crippen molar-refractivity contribution in [3.63, 3.8) is 0 Å². The molecule has 1 fully saturated rings. The number of ether oxygens (including phenoxy) is 2. The molecule has 2 rings (SSSR count). The molecule has 0 N–H and O–H groups in total. The molecular weight excluding hydrogens is 373 g/mol. The first-order valence-corrected chi connectivity index (χ1v) is 8.67. The highest BCUT2D eigenvalue weighted by Gasteiger charge is 2.32. The lowest BCUT2D eigenvalue weighted by atomic mass is 9.99. The number of rotatable bonds is 3. The van der Waals surface area contributed by atoms with Gasteiger partial charge in [-0.2, -0.15) is 13.2 Å². The van der Waals surface area contributed by atoms with Gasteiger partial charge in [0, 0.05) is 25.2 Å². The second kappa shape index (κ2) is 7.90.